The SMILES string of the molecule is COc1cccc(C2CCCN(CCc3cc4ccccc4[nH]3)C2)c1.Cl. The second-order valence-electron chi connectivity index (χ2n) is 7.05. The average molecular weight is 371 g/mol. The van der Waals surface area contributed by atoms with Gasteiger partial charge >= 0.3 is 0 Å². The van der Waals surface area contributed by atoms with Crippen LogP contribution in [0.25, 0.3) is 10.9 Å². The van der Waals surface area contributed by atoms with Gasteiger partial charge in [-0.25, -0.2) is 0 Å². The van der Waals surface area contributed by atoms with Crippen LogP contribution in [0.2, 0.25) is 0 Å². The zero-order chi connectivity index (χ0) is 17.1. The Morgan fingerprint density at radius 2 is 2.00 bits per heavy atom. The molecule has 138 valence electrons. The van der Waals surface area contributed by atoms with Crippen molar-refractivity contribution in [3.05, 3.63) is 65.9 Å². The van der Waals surface area contributed by atoms with E-state index in [1.165, 1.54) is 41.5 Å². The van der Waals surface area contributed by atoms with E-state index in [2.05, 4.69) is 58.4 Å². The lowest BCUT2D eigenvalue weighted by Crippen LogP contribution is -2.35. The number of rotatable bonds is 5. The molecule has 1 aliphatic rings. The van der Waals surface area contributed by atoms with Gasteiger partial charge < -0.3 is 14.6 Å². The molecule has 26 heavy (non-hydrogen) atoms. The fraction of sp³-hybridized carbons (Fsp3) is 0.364. The minimum Gasteiger partial charge on any atom is -0.497 e. The number of likely N-dealkylation sites (tertiary alicyclic amines) is 1. The summed E-state index contributed by atoms with van der Waals surface area (Å²) < 4.78 is 5.39. The summed E-state index contributed by atoms with van der Waals surface area (Å²) in [6.45, 7) is 3.47. The van der Waals surface area contributed by atoms with Crippen LogP contribution < -0.4 is 4.74 Å². The predicted octanol–water partition coefficient (Wildman–Crippen LogP) is 5.02. The Bertz CT molecular complexity index is 812. The highest BCUT2D eigenvalue weighted by Crippen LogP contribution is 2.29. The molecule has 0 radical (unpaired) electrons. The summed E-state index contributed by atoms with van der Waals surface area (Å²) in [4.78, 5) is 6.16. The first-order chi connectivity index (χ1) is 12.3. The van der Waals surface area contributed by atoms with E-state index < -0.39 is 0 Å². The number of nitrogens with one attached hydrogen (secondary N) is 1. The summed E-state index contributed by atoms with van der Waals surface area (Å²) in [5.41, 5.74) is 3.99. The van der Waals surface area contributed by atoms with Crippen molar-refractivity contribution in [1.82, 2.24) is 9.88 Å². The molecule has 0 spiro atoms. The van der Waals surface area contributed by atoms with Crippen LogP contribution in [0.1, 0.15) is 30.0 Å². The summed E-state index contributed by atoms with van der Waals surface area (Å²) in [5.74, 6) is 1.58. The number of aromatic nitrogens is 1. The molecule has 3 aromatic rings. The molecule has 2 aromatic carbocycles. The van der Waals surface area contributed by atoms with Gasteiger partial charge in [-0.2, -0.15) is 0 Å². The number of halogens is 1. The van der Waals surface area contributed by atoms with Crippen LogP contribution in [0.15, 0.2) is 54.6 Å². The number of benzene rings is 2. The third-order valence-corrected chi connectivity index (χ3v) is 5.35. The maximum atomic E-state index is 5.39. The van der Waals surface area contributed by atoms with Crippen LogP contribution in [-0.2, 0) is 6.42 Å². The van der Waals surface area contributed by atoms with Crippen molar-refractivity contribution in [3.63, 3.8) is 0 Å². The molecule has 0 bridgehead atoms. The number of fused-ring (bicyclic) bond motifs is 1. The summed E-state index contributed by atoms with van der Waals surface area (Å²) in [6.07, 6.45) is 3.63. The number of methoxy groups -OCH3 is 1. The Labute approximate surface area is 161 Å². The van der Waals surface area contributed by atoms with Crippen LogP contribution in [0.4, 0.5) is 0 Å². The van der Waals surface area contributed by atoms with E-state index in [4.69, 9.17) is 4.74 Å². The number of hydrogen-bond donors (Lipinski definition) is 1. The third kappa shape index (κ3) is 4.22. The lowest BCUT2D eigenvalue weighted by atomic mass is 9.90. The van der Waals surface area contributed by atoms with Crippen molar-refractivity contribution in [1.29, 1.82) is 0 Å². The second-order valence-corrected chi connectivity index (χ2v) is 7.05. The Balaban J connectivity index is 0.00000196. The number of hydrogen-bond acceptors (Lipinski definition) is 2. The van der Waals surface area contributed by atoms with E-state index in [-0.39, 0.29) is 12.4 Å². The van der Waals surface area contributed by atoms with Crippen LogP contribution in [0, 0.1) is 0 Å². The van der Waals surface area contributed by atoms with E-state index in [0.717, 1.165) is 25.3 Å². The van der Waals surface area contributed by atoms with Gasteiger partial charge in [0, 0.05) is 30.7 Å². The summed E-state index contributed by atoms with van der Waals surface area (Å²) >= 11 is 0. The van der Waals surface area contributed by atoms with Crippen LogP contribution in [0.3, 0.4) is 0 Å². The van der Waals surface area contributed by atoms with Crippen molar-refractivity contribution >= 4 is 23.3 Å². The molecule has 1 unspecified atom stereocenters. The Kier molecular flexibility index (Phi) is 6.23. The fourth-order valence-corrected chi connectivity index (χ4v) is 3.97. The molecule has 4 heteroatoms. The first kappa shape index (κ1) is 18.8. The molecular formula is C22H27ClN2O. The highest BCUT2D eigenvalue weighted by Gasteiger charge is 2.21. The highest BCUT2D eigenvalue weighted by molar-refractivity contribution is 5.85. The van der Waals surface area contributed by atoms with Crippen LogP contribution in [0.5, 0.6) is 5.75 Å². The van der Waals surface area contributed by atoms with E-state index >= 15 is 0 Å². The molecule has 1 saturated heterocycles. The first-order valence-corrected chi connectivity index (χ1v) is 9.25. The van der Waals surface area contributed by atoms with Gasteiger partial charge in [0.1, 0.15) is 5.75 Å². The minimum atomic E-state index is 0. The molecule has 3 nitrogen and oxygen atoms in total. The maximum absolute atomic E-state index is 5.39. The van der Waals surface area contributed by atoms with E-state index in [9.17, 15) is 0 Å². The van der Waals surface area contributed by atoms with Gasteiger partial charge in [0.2, 0.25) is 0 Å². The standard InChI is InChI=1S/C22H26N2O.ClH/c1-25-21-9-4-7-17(15-21)19-8-5-12-24(16-19)13-11-20-14-18-6-2-3-10-22(18)23-20;/h2-4,6-7,9-10,14-15,19,23H,5,8,11-13,16H2,1H3;1H. The zero-order valence-electron chi connectivity index (χ0n) is 15.3. The summed E-state index contributed by atoms with van der Waals surface area (Å²) in [6, 6.07) is 19.4. The van der Waals surface area contributed by atoms with Crippen molar-refractivity contribution in [2.45, 2.75) is 25.2 Å². The third-order valence-electron chi connectivity index (χ3n) is 5.35. The number of para-hydroxylation sites is 1. The number of H-pyrrole nitrogens is 1. The molecule has 4 rings (SSSR count). The molecule has 1 N–H and O–H groups in total. The van der Waals surface area contributed by atoms with Crippen molar-refractivity contribution in [3.8, 4) is 5.75 Å². The Morgan fingerprint density at radius 1 is 1.12 bits per heavy atom. The monoisotopic (exact) mass is 370 g/mol. The van der Waals surface area contributed by atoms with Crippen LogP contribution in [-0.4, -0.2) is 36.6 Å². The van der Waals surface area contributed by atoms with Gasteiger partial charge in [-0.05, 0) is 60.5 Å². The zero-order valence-corrected chi connectivity index (χ0v) is 16.1. The topological polar surface area (TPSA) is 28.3 Å². The molecular weight excluding hydrogens is 344 g/mol. The van der Waals surface area contributed by atoms with Crippen molar-refractivity contribution in [2.24, 2.45) is 0 Å². The Hall–Kier alpha value is -1.97. The quantitative estimate of drug-likeness (QED) is 0.683. The molecule has 1 fully saturated rings. The molecule has 2 heterocycles. The van der Waals surface area contributed by atoms with E-state index in [0.29, 0.717) is 5.92 Å². The van der Waals surface area contributed by atoms with Gasteiger partial charge in [-0.15, -0.1) is 12.4 Å². The van der Waals surface area contributed by atoms with Gasteiger partial charge in [-0.1, -0.05) is 30.3 Å². The molecule has 1 aromatic heterocycles. The number of nitrogens with zero attached hydrogens (tertiary/aromatic N) is 1. The maximum Gasteiger partial charge on any atom is 0.119 e. The van der Waals surface area contributed by atoms with E-state index in [1.54, 1.807) is 7.11 Å². The fourth-order valence-electron chi connectivity index (χ4n) is 3.97. The average Bonchev–Trinajstić information content (AvgIpc) is 3.10. The lowest BCUT2D eigenvalue weighted by Gasteiger charge is -2.33. The minimum absolute atomic E-state index is 0. The van der Waals surface area contributed by atoms with Gasteiger partial charge in [0.15, 0.2) is 0 Å². The van der Waals surface area contributed by atoms with Gasteiger partial charge in [0.05, 0.1) is 7.11 Å². The molecule has 1 aliphatic heterocycles. The normalized spacial score (nSPS) is 17.8. The second kappa shape index (κ2) is 8.61. The highest BCUT2D eigenvalue weighted by atomic mass is 35.5. The van der Waals surface area contributed by atoms with Crippen molar-refractivity contribution < 1.29 is 4.74 Å². The van der Waals surface area contributed by atoms with Crippen LogP contribution >= 0.6 is 12.4 Å². The number of aromatic amines is 1. The van der Waals surface area contributed by atoms with E-state index in [1.807, 2.05) is 6.07 Å². The number of piperidine rings is 1. The summed E-state index contributed by atoms with van der Waals surface area (Å²) in [7, 11) is 1.74. The smallest absolute Gasteiger partial charge is 0.119 e. The molecule has 0 aliphatic carbocycles. The molecule has 0 saturated carbocycles. The molecule has 0 amide bonds. The predicted molar refractivity (Wildman–Crippen MR) is 111 cm³/mol. The lowest BCUT2D eigenvalue weighted by molar-refractivity contribution is 0.209. The number of ether oxygens (including phenoxy) is 1. The molecule has 1 atom stereocenters. The summed E-state index contributed by atoms with van der Waals surface area (Å²) in [5, 5.41) is 1.31. The Morgan fingerprint density at radius 3 is 2.85 bits per heavy atom. The largest absolute Gasteiger partial charge is 0.497 e. The van der Waals surface area contributed by atoms with Crippen molar-refractivity contribution in [2.75, 3.05) is 26.7 Å². The first-order valence-electron chi connectivity index (χ1n) is 9.25. The van der Waals surface area contributed by atoms with Gasteiger partial charge in [-0.3, -0.25) is 0 Å². The van der Waals surface area contributed by atoms with Gasteiger partial charge in [0.25, 0.3) is 0 Å².